The van der Waals surface area contributed by atoms with Gasteiger partial charge in [0, 0.05) is 19.5 Å². The Bertz CT molecular complexity index is 590. The first-order valence-corrected chi connectivity index (χ1v) is 7.94. The highest BCUT2D eigenvalue weighted by molar-refractivity contribution is 5.69. The van der Waals surface area contributed by atoms with Crippen LogP contribution in [0, 0.1) is 0 Å². The quantitative estimate of drug-likeness (QED) is 0.549. The van der Waals surface area contributed by atoms with Crippen molar-refractivity contribution in [2.75, 3.05) is 13.7 Å². The molecule has 1 aromatic carbocycles. The Balaban J connectivity index is 2.37. The molecule has 0 saturated heterocycles. The van der Waals surface area contributed by atoms with E-state index in [1.54, 1.807) is 13.8 Å². The van der Waals surface area contributed by atoms with Crippen LogP contribution in [0.5, 0.6) is 0 Å². The molecular formula is C17H24N2O6. The highest BCUT2D eigenvalue weighted by Crippen LogP contribution is 2.05. The van der Waals surface area contributed by atoms with E-state index in [0.717, 1.165) is 11.1 Å². The molecule has 8 heteroatoms. The van der Waals surface area contributed by atoms with Crippen LogP contribution in [0.4, 0.5) is 9.59 Å². The molecule has 0 heterocycles. The van der Waals surface area contributed by atoms with Crippen molar-refractivity contribution >= 4 is 18.2 Å². The van der Waals surface area contributed by atoms with Gasteiger partial charge in [0.1, 0.15) is 12.7 Å². The summed E-state index contributed by atoms with van der Waals surface area (Å²) in [5, 5.41) is 5.20. The zero-order chi connectivity index (χ0) is 18.7. The largest absolute Gasteiger partial charge is 0.462 e. The van der Waals surface area contributed by atoms with Crippen LogP contribution in [0.2, 0.25) is 0 Å². The zero-order valence-corrected chi connectivity index (χ0v) is 14.7. The minimum Gasteiger partial charge on any atom is -0.462 e. The monoisotopic (exact) mass is 352 g/mol. The maximum Gasteiger partial charge on any atom is 0.407 e. The van der Waals surface area contributed by atoms with E-state index in [0.29, 0.717) is 6.54 Å². The Hall–Kier alpha value is -2.77. The highest BCUT2D eigenvalue weighted by atomic mass is 16.6. The molecule has 1 unspecified atom stereocenters. The number of methoxy groups -OCH3 is 1. The molecule has 138 valence electrons. The molecule has 0 aliphatic rings. The number of ether oxygens (including phenoxy) is 3. The van der Waals surface area contributed by atoms with Crippen LogP contribution < -0.4 is 10.6 Å². The number of rotatable bonds is 8. The average Bonchev–Trinajstić information content (AvgIpc) is 2.62. The first-order valence-electron chi connectivity index (χ1n) is 7.94. The van der Waals surface area contributed by atoms with Crippen molar-refractivity contribution in [1.82, 2.24) is 10.6 Å². The summed E-state index contributed by atoms with van der Waals surface area (Å²) >= 11 is 0. The van der Waals surface area contributed by atoms with Gasteiger partial charge in [-0.25, -0.2) is 9.59 Å². The number of nitrogens with one attached hydrogen (secondary N) is 2. The Morgan fingerprint density at radius 3 is 2.24 bits per heavy atom. The predicted molar refractivity (Wildman–Crippen MR) is 89.7 cm³/mol. The smallest absolute Gasteiger partial charge is 0.407 e. The first-order chi connectivity index (χ1) is 11.9. The Kier molecular flexibility index (Phi) is 8.84. The van der Waals surface area contributed by atoms with Crippen LogP contribution in [-0.2, 0) is 32.1 Å². The lowest BCUT2D eigenvalue weighted by Gasteiger charge is -2.14. The lowest BCUT2D eigenvalue weighted by molar-refractivity contribution is -0.145. The number of hydrogen-bond acceptors (Lipinski definition) is 6. The highest BCUT2D eigenvalue weighted by Gasteiger charge is 2.11. The van der Waals surface area contributed by atoms with Crippen molar-refractivity contribution in [3.63, 3.8) is 0 Å². The Morgan fingerprint density at radius 2 is 1.68 bits per heavy atom. The molecule has 8 nitrogen and oxygen atoms in total. The summed E-state index contributed by atoms with van der Waals surface area (Å²) < 4.78 is 14.5. The van der Waals surface area contributed by atoms with Crippen molar-refractivity contribution in [2.24, 2.45) is 0 Å². The van der Waals surface area contributed by atoms with Crippen LogP contribution >= 0.6 is 0 Å². The summed E-state index contributed by atoms with van der Waals surface area (Å²) in [7, 11) is 1.30. The Labute approximate surface area is 146 Å². The number of carbonyl (C=O) groups excluding carboxylic acids is 3. The second-order valence-corrected chi connectivity index (χ2v) is 5.27. The van der Waals surface area contributed by atoms with Gasteiger partial charge in [-0.1, -0.05) is 31.2 Å². The van der Waals surface area contributed by atoms with Gasteiger partial charge in [0.05, 0.1) is 7.11 Å². The van der Waals surface area contributed by atoms with Gasteiger partial charge in [0.25, 0.3) is 0 Å². The van der Waals surface area contributed by atoms with Gasteiger partial charge in [-0.15, -0.1) is 0 Å². The van der Waals surface area contributed by atoms with E-state index < -0.39 is 18.3 Å². The minimum absolute atomic E-state index is 0.0226. The third-order valence-corrected chi connectivity index (χ3v) is 3.13. The third kappa shape index (κ3) is 8.59. The van der Waals surface area contributed by atoms with E-state index in [9.17, 15) is 14.4 Å². The number of benzene rings is 1. The molecule has 0 saturated carbocycles. The molecule has 1 atom stereocenters. The molecule has 0 aliphatic heterocycles. The van der Waals surface area contributed by atoms with E-state index in [4.69, 9.17) is 9.47 Å². The van der Waals surface area contributed by atoms with E-state index in [2.05, 4.69) is 15.4 Å². The number of amides is 2. The summed E-state index contributed by atoms with van der Waals surface area (Å²) in [6.45, 7) is 3.95. The van der Waals surface area contributed by atoms with Gasteiger partial charge in [0.2, 0.25) is 0 Å². The molecule has 0 aliphatic carbocycles. The topological polar surface area (TPSA) is 103 Å². The van der Waals surface area contributed by atoms with E-state index in [1.165, 1.54) is 7.11 Å². The van der Waals surface area contributed by atoms with E-state index in [-0.39, 0.29) is 25.5 Å². The maximum absolute atomic E-state index is 11.7. The number of alkyl carbamates (subject to hydrolysis) is 2. The van der Waals surface area contributed by atoms with Gasteiger partial charge < -0.3 is 24.8 Å². The van der Waals surface area contributed by atoms with Crippen LogP contribution in [0.1, 0.15) is 31.4 Å². The molecule has 1 aromatic rings. The summed E-state index contributed by atoms with van der Waals surface area (Å²) in [4.78, 5) is 33.8. The van der Waals surface area contributed by atoms with Crippen molar-refractivity contribution in [2.45, 2.75) is 39.5 Å². The Morgan fingerprint density at radius 1 is 1.08 bits per heavy atom. The molecule has 0 spiro atoms. The fraction of sp³-hybridized carbons (Fsp3) is 0.471. The number of carbonyl (C=O) groups is 3. The fourth-order valence-electron chi connectivity index (χ4n) is 1.84. The molecule has 2 N–H and O–H groups in total. The second-order valence-electron chi connectivity index (χ2n) is 5.27. The minimum atomic E-state index is -0.599. The van der Waals surface area contributed by atoms with Crippen LogP contribution in [0.3, 0.4) is 0 Å². The predicted octanol–water partition coefficient (Wildman–Crippen LogP) is 2.11. The number of hydrogen-bond donors (Lipinski definition) is 2. The molecular weight excluding hydrogens is 328 g/mol. The summed E-state index contributed by atoms with van der Waals surface area (Å²) in [5.41, 5.74) is 1.73. The van der Waals surface area contributed by atoms with E-state index >= 15 is 0 Å². The summed E-state index contributed by atoms with van der Waals surface area (Å²) in [5.74, 6) is -0.340. The van der Waals surface area contributed by atoms with Crippen LogP contribution in [-0.4, -0.2) is 38.0 Å². The molecule has 2 amide bonds. The van der Waals surface area contributed by atoms with Gasteiger partial charge >= 0.3 is 18.2 Å². The third-order valence-electron chi connectivity index (χ3n) is 3.13. The molecule has 1 rings (SSSR count). The summed E-state index contributed by atoms with van der Waals surface area (Å²) in [6, 6.07) is 7.36. The average molecular weight is 352 g/mol. The van der Waals surface area contributed by atoms with Gasteiger partial charge in [0.15, 0.2) is 0 Å². The van der Waals surface area contributed by atoms with Gasteiger partial charge in [-0.3, -0.25) is 4.79 Å². The molecule has 0 fully saturated rings. The van der Waals surface area contributed by atoms with Gasteiger partial charge in [-0.2, -0.15) is 0 Å². The van der Waals surface area contributed by atoms with Crippen LogP contribution in [0.25, 0.3) is 0 Å². The van der Waals surface area contributed by atoms with Gasteiger partial charge in [-0.05, 0) is 18.1 Å². The molecule has 0 aromatic heterocycles. The lowest BCUT2D eigenvalue weighted by atomic mass is 10.1. The van der Waals surface area contributed by atoms with Crippen molar-refractivity contribution in [3.05, 3.63) is 35.4 Å². The fourth-order valence-corrected chi connectivity index (χ4v) is 1.84. The second kappa shape index (κ2) is 10.9. The molecule has 25 heavy (non-hydrogen) atoms. The first kappa shape index (κ1) is 20.3. The maximum atomic E-state index is 11.7. The molecule has 0 bridgehead atoms. The summed E-state index contributed by atoms with van der Waals surface area (Å²) in [6.07, 6.45) is -1.37. The zero-order valence-electron chi connectivity index (χ0n) is 14.7. The van der Waals surface area contributed by atoms with Crippen LogP contribution in [0.15, 0.2) is 24.3 Å². The van der Waals surface area contributed by atoms with Crippen molar-refractivity contribution < 1.29 is 28.6 Å². The molecule has 0 radical (unpaired) electrons. The lowest BCUT2D eigenvalue weighted by Crippen LogP contribution is -2.30. The number of esters is 1. The van der Waals surface area contributed by atoms with Crippen molar-refractivity contribution in [1.29, 1.82) is 0 Å². The standard InChI is InChI=1S/C17H24N2O6/c1-4-15(20)24-11-12(2)25-17(22)19-10-14-7-5-6-13(8-14)9-18-16(21)23-3/h5-8,12H,4,9-11H2,1-3H3,(H,18,21)(H,19,22). The normalized spacial score (nSPS) is 11.2. The van der Waals surface area contributed by atoms with Crippen molar-refractivity contribution in [3.8, 4) is 0 Å². The van der Waals surface area contributed by atoms with E-state index in [1.807, 2.05) is 24.3 Å². The SMILES string of the molecule is CCC(=O)OCC(C)OC(=O)NCc1cccc(CNC(=O)OC)c1.